The van der Waals surface area contributed by atoms with Crippen molar-refractivity contribution in [3.05, 3.63) is 54.6 Å². The molecule has 0 aliphatic carbocycles. The fraction of sp³-hybridized carbons (Fsp3) is 0.235. The maximum absolute atomic E-state index is 5.44. The van der Waals surface area contributed by atoms with Gasteiger partial charge in [0.05, 0.1) is 5.52 Å². The number of rotatable bonds is 4. The predicted molar refractivity (Wildman–Crippen MR) is 97.2 cm³/mol. The summed E-state index contributed by atoms with van der Waals surface area (Å²) >= 11 is 5.44. The first kappa shape index (κ1) is 15.4. The molecule has 2 aromatic carbocycles. The molecule has 0 spiro atoms. The Hall–Kier alpha value is -2.47. The van der Waals surface area contributed by atoms with Crippen LogP contribution in [0.2, 0.25) is 0 Å². The van der Waals surface area contributed by atoms with E-state index in [1.54, 1.807) is 0 Å². The number of hydrogen-bond donors (Lipinski definition) is 2. The summed E-state index contributed by atoms with van der Waals surface area (Å²) in [7, 11) is 0. The Morgan fingerprint density at radius 1 is 1.04 bits per heavy atom. The van der Waals surface area contributed by atoms with Crippen LogP contribution in [0, 0.1) is 5.92 Å². The summed E-state index contributed by atoms with van der Waals surface area (Å²) in [6.07, 6.45) is -0.0777. The number of anilines is 1. The van der Waals surface area contributed by atoms with Gasteiger partial charge in [0.15, 0.2) is 5.11 Å². The quantitative estimate of drug-likeness (QED) is 0.718. The van der Waals surface area contributed by atoms with Crippen LogP contribution in [0.25, 0.3) is 11.0 Å². The Morgan fingerprint density at radius 3 is 2.48 bits per heavy atom. The van der Waals surface area contributed by atoms with Crippen molar-refractivity contribution in [2.75, 3.05) is 5.32 Å². The molecule has 0 saturated carbocycles. The average molecular weight is 325 g/mol. The second kappa shape index (κ2) is 6.75. The van der Waals surface area contributed by atoms with Gasteiger partial charge in [0, 0.05) is 5.69 Å². The summed E-state index contributed by atoms with van der Waals surface area (Å²) in [6.45, 7) is 4.25. The van der Waals surface area contributed by atoms with Crippen molar-refractivity contribution < 1.29 is 0 Å². The van der Waals surface area contributed by atoms with Gasteiger partial charge < -0.3 is 10.6 Å². The lowest BCUT2D eigenvalue weighted by Gasteiger charge is -2.24. The highest BCUT2D eigenvalue weighted by atomic mass is 32.1. The van der Waals surface area contributed by atoms with Gasteiger partial charge in [0.1, 0.15) is 11.7 Å². The molecule has 23 heavy (non-hydrogen) atoms. The van der Waals surface area contributed by atoms with Gasteiger partial charge in [0.2, 0.25) is 0 Å². The Balaban J connectivity index is 1.81. The monoisotopic (exact) mass is 325 g/mol. The Bertz CT molecular complexity index is 797. The van der Waals surface area contributed by atoms with E-state index in [2.05, 4.69) is 34.8 Å². The number of nitrogens with one attached hydrogen (secondary N) is 2. The molecule has 1 heterocycles. The van der Waals surface area contributed by atoms with Crippen molar-refractivity contribution in [2.24, 2.45) is 5.92 Å². The summed E-state index contributed by atoms with van der Waals surface area (Å²) in [6, 6.07) is 17.8. The first-order chi connectivity index (χ1) is 11.1. The maximum atomic E-state index is 5.44. The number of hydrogen-bond acceptors (Lipinski definition) is 3. The van der Waals surface area contributed by atoms with Crippen molar-refractivity contribution in [3.8, 4) is 0 Å². The lowest BCUT2D eigenvalue weighted by Crippen LogP contribution is -2.38. The van der Waals surface area contributed by atoms with Crippen molar-refractivity contribution in [3.63, 3.8) is 0 Å². The van der Waals surface area contributed by atoms with Crippen molar-refractivity contribution in [1.82, 2.24) is 20.3 Å². The van der Waals surface area contributed by atoms with Gasteiger partial charge in [-0.25, -0.2) is 4.68 Å². The number of para-hydroxylation sites is 2. The fourth-order valence-electron chi connectivity index (χ4n) is 2.43. The van der Waals surface area contributed by atoms with Crippen LogP contribution in [0.5, 0.6) is 0 Å². The molecular formula is C17H19N5S. The number of aromatic nitrogens is 3. The number of thiocarbonyl (C=S) groups is 1. The van der Waals surface area contributed by atoms with Crippen LogP contribution in [-0.4, -0.2) is 20.1 Å². The molecule has 5 nitrogen and oxygen atoms in total. The maximum Gasteiger partial charge on any atom is 0.172 e. The van der Waals surface area contributed by atoms with E-state index in [1.807, 2.05) is 59.3 Å². The summed E-state index contributed by atoms with van der Waals surface area (Å²) in [5.74, 6) is 0.288. The van der Waals surface area contributed by atoms with Gasteiger partial charge in [-0.2, -0.15) is 0 Å². The smallest absolute Gasteiger partial charge is 0.172 e. The van der Waals surface area contributed by atoms with Crippen LogP contribution in [0.4, 0.5) is 5.69 Å². The Labute approximate surface area is 140 Å². The van der Waals surface area contributed by atoms with Gasteiger partial charge >= 0.3 is 0 Å². The number of fused-ring (bicyclic) bond motifs is 1. The van der Waals surface area contributed by atoms with Crippen molar-refractivity contribution in [1.29, 1.82) is 0 Å². The minimum absolute atomic E-state index is 0.0777. The standard InChI is InChI=1S/C17H19N5S/c1-12(2)16(19-17(23)18-13-8-4-3-5-9-13)22-15-11-7-6-10-14(15)20-21-22/h3-12,16H,1-2H3,(H2,18,19,23). The Kier molecular flexibility index (Phi) is 4.52. The lowest BCUT2D eigenvalue weighted by molar-refractivity contribution is 0.327. The van der Waals surface area contributed by atoms with E-state index >= 15 is 0 Å². The third-order valence-corrected chi connectivity index (χ3v) is 3.80. The van der Waals surface area contributed by atoms with Crippen LogP contribution < -0.4 is 10.6 Å². The summed E-state index contributed by atoms with van der Waals surface area (Å²) in [4.78, 5) is 0. The van der Waals surface area contributed by atoms with E-state index in [0.29, 0.717) is 5.11 Å². The molecule has 0 aliphatic rings. The predicted octanol–water partition coefficient (Wildman–Crippen LogP) is 3.57. The summed E-state index contributed by atoms with van der Waals surface area (Å²) < 4.78 is 1.89. The molecule has 0 aliphatic heterocycles. The van der Waals surface area contributed by atoms with Crippen LogP contribution >= 0.6 is 12.2 Å². The van der Waals surface area contributed by atoms with Crippen LogP contribution in [0.3, 0.4) is 0 Å². The van der Waals surface area contributed by atoms with Crippen LogP contribution in [0.1, 0.15) is 20.0 Å². The lowest BCUT2D eigenvalue weighted by atomic mass is 10.1. The first-order valence-corrected chi connectivity index (χ1v) is 7.98. The van der Waals surface area contributed by atoms with Crippen molar-refractivity contribution in [2.45, 2.75) is 20.0 Å². The van der Waals surface area contributed by atoms with Crippen LogP contribution in [0.15, 0.2) is 54.6 Å². The number of benzene rings is 2. The van der Waals surface area contributed by atoms with Gasteiger partial charge in [-0.3, -0.25) is 0 Å². The molecule has 1 atom stereocenters. The zero-order valence-corrected chi connectivity index (χ0v) is 13.9. The molecule has 3 rings (SSSR count). The first-order valence-electron chi connectivity index (χ1n) is 7.57. The largest absolute Gasteiger partial charge is 0.340 e. The van der Waals surface area contributed by atoms with E-state index in [4.69, 9.17) is 12.2 Å². The molecule has 1 aromatic heterocycles. The molecule has 0 bridgehead atoms. The molecule has 1 unspecified atom stereocenters. The van der Waals surface area contributed by atoms with Gasteiger partial charge in [-0.1, -0.05) is 49.4 Å². The fourth-order valence-corrected chi connectivity index (χ4v) is 2.66. The summed E-state index contributed by atoms with van der Waals surface area (Å²) in [5.41, 5.74) is 2.82. The molecule has 6 heteroatoms. The Morgan fingerprint density at radius 2 is 1.74 bits per heavy atom. The van der Waals surface area contributed by atoms with E-state index in [-0.39, 0.29) is 12.1 Å². The average Bonchev–Trinajstić information content (AvgIpc) is 2.97. The van der Waals surface area contributed by atoms with Crippen molar-refractivity contribution >= 4 is 34.1 Å². The minimum Gasteiger partial charge on any atom is -0.340 e. The second-order valence-corrected chi connectivity index (χ2v) is 6.08. The highest BCUT2D eigenvalue weighted by Gasteiger charge is 2.20. The van der Waals surface area contributed by atoms with Crippen LogP contribution in [-0.2, 0) is 0 Å². The zero-order chi connectivity index (χ0) is 16.2. The SMILES string of the molecule is CC(C)C(NC(=S)Nc1ccccc1)n1nnc2ccccc21. The summed E-state index contributed by atoms with van der Waals surface area (Å²) in [5, 5.41) is 15.6. The zero-order valence-electron chi connectivity index (χ0n) is 13.1. The highest BCUT2D eigenvalue weighted by Crippen LogP contribution is 2.20. The normalized spacial score (nSPS) is 12.3. The van der Waals surface area contributed by atoms with E-state index in [0.717, 1.165) is 16.7 Å². The molecule has 3 aromatic rings. The third kappa shape index (κ3) is 3.48. The molecule has 118 valence electrons. The molecule has 0 fully saturated rings. The molecule has 0 amide bonds. The molecule has 2 N–H and O–H groups in total. The van der Waals surface area contributed by atoms with E-state index in [9.17, 15) is 0 Å². The van der Waals surface area contributed by atoms with E-state index in [1.165, 1.54) is 0 Å². The van der Waals surface area contributed by atoms with E-state index < -0.39 is 0 Å². The third-order valence-electron chi connectivity index (χ3n) is 3.58. The van der Waals surface area contributed by atoms with Gasteiger partial charge in [-0.05, 0) is 42.4 Å². The van der Waals surface area contributed by atoms with Gasteiger partial charge in [-0.15, -0.1) is 5.10 Å². The topological polar surface area (TPSA) is 54.8 Å². The minimum atomic E-state index is -0.0777. The second-order valence-electron chi connectivity index (χ2n) is 5.68. The number of nitrogens with zero attached hydrogens (tertiary/aromatic N) is 3. The molecule has 0 saturated heterocycles. The molecular weight excluding hydrogens is 306 g/mol. The molecule has 0 radical (unpaired) electrons. The highest BCUT2D eigenvalue weighted by molar-refractivity contribution is 7.80. The van der Waals surface area contributed by atoms with Gasteiger partial charge in [0.25, 0.3) is 0 Å².